The van der Waals surface area contributed by atoms with Gasteiger partial charge in [0.1, 0.15) is 11.6 Å². The monoisotopic (exact) mass is 419 g/mol. The molecule has 2 aromatic carbocycles. The Bertz CT molecular complexity index is 998. The molecule has 0 amide bonds. The fourth-order valence-corrected chi connectivity index (χ4v) is 4.45. The summed E-state index contributed by atoms with van der Waals surface area (Å²) in [5.74, 6) is 3.32. The fraction of sp³-hybridized carbons (Fsp3) is 0.440. The topological polar surface area (TPSA) is 62.3 Å². The van der Waals surface area contributed by atoms with Crippen LogP contribution in [0.1, 0.15) is 31.2 Å². The summed E-state index contributed by atoms with van der Waals surface area (Å²) in [7, 11) is 5.75. The van der Waals surface area contributed by atoms with Crippen LogP contribution < -0.4 is 20.3 Å². The summed E-state index contributed by atoms with van der Waals surface area (Å²) < 4.78 is 5.63. The van der Waals surface area contributed by atoms with Crippen LogP contribution in [0.5, 0.6) is 5.75 Å². The number of benzene rings is 2. The number of aromatic nitrogens is 2. The van der Waals surface area contributed by atoms with Crippen molar-refractivity contribution in [3.63, 3.8) is 0 Å². The predicted molar refractivity (Wildman–Crippen MR) is 128 cm³/mol. The minimum Gasteiger partial charge on any atom is -0.496 e. The Hall–Kier alpha value is -2.86. The van der Waals surface area contributed by atoms with Gasteiger partial charge in [-0.25, -0.2) is 4.98 Å². The number of fused-ring (bicyclic) bond motifs is 1. The average Bonchev–Trinajstić information content (AvgIpc) is 2.80. The van der Waals surface area contributed by atoms with E-state index in [1.165, 1.54) is 29.2 Å². The number of hydrogen-bond donors (Lipinski definition) is 2. The molecule has 1 aromatic heterocycles. The predicted octanol–water partition coefficient (Wildman–Crippen LogP) is 4.46. The molecular formula is C25H33N5O. The van der Waals surface area contributed by atoms with Crippen molar-refractivity contribution in [3.8, 4) is 5.75 Å². The van der Waals surface area contributed by atoms with E-state index in [-0.39, 0.29) is 0 Å². The lowest BCUT2D eigenvalue weighted by Gasteiger charge is -2.29. The normalized spacial score (nSPS) is 18.7. The van der Waals surface area contributed by atoms with Crippen molar-refractivity contribution >= 4 is 22.5 Å². The van der Waals surface area contributed by atoms with Crippen molar-refractivity contribution in [2.24, 2.45) is 5.92 Å². The zero-order valence-electron chi connectivity index (χ0n) is 18.8. The van der Waals surface area contributed by atoms with E-state index in [4.69, 9.17) is 4.74 Å². The molecule has 0 saturated heterocycles. The Balaban J connectivity index is 1.28. The number of hydrogen-bond acceptors (Lipinski definition) is 6. The maximum absolute atomic E-state index is 5.63. The summed E-state index contributed by atoms with van der Waals surface area (Å²) >= 11 is 0. The van der Waals surface area contributed by atoms with Gasteiger partial charge in [0.2, 0.25) is 5.95 Å². The van der Waals surface area contributed by atoms with Gasteiger partial charge in [-0.15, -0.1) is 0 Å². The molecule has 1 heterocycles. The number of nitrogens with zero attached hydrogens (tertiary/aromatic N) is 3. The van der Waals surface area contributed by atoms with Gasteiger partial charge in [-0.2, -0.15) is 4.98 Å². The van der Waals surface area contributed by atoms with Crippen molar-refractivity contribution in [2.75, 3.05) is 38.0 Å². The van der Waals surface area contributed by atoms with Crippen molar-refractivity contribution in [2.45, 2.75) is 38.3 Å². The van der Waals surface area contributed by atoms with Crippen molar-refractivity contribution in [1.82, 2.24) is 15.3 Å². The molecule has 3 aromatic rings. The van der Waals surface area contributed by atoms with Gasteiger partial charge >= 0.3 is 0 Å². The summed E-state index contributed by atoms with van der Waals surface area (Å²) in [6, 6.07) is 15.1. The van der Waals surface area contributed by atoms with Gasteiger partial charge in [0.25, 0.3) is 0 Å². The Labute approximate surface area is 185 Å². The average molecular weight is 420 g/mol. The first-order valence-corrected chi connectivity index (χ1v) is 11.2. The van der Waals surface area contributed by atoms with E-state index in [0.717, 1.165) is 43.4 Å². The second kappa shape index (κ2) is 9.96. The van der Waals surface area contributed by atoms with Crippen LogP contribution in [0, 0.1) is 5.92 Å². The minimum atomic E-state index is 0.451. The summed E-state index contributed by atoms with van der Waals surface area (Å²) in [6.07, 6.45) is 6.55. The second-order valence-electron chi connectivity index (χ2n) is 8.59. The lowest BCUT2D eigenvalue weighted by Crippen LogP contribution is -2.31. The molecule has 1 fully saturated rings. The maximum Gasteiger partial charge on any atom is 0.224 e. The van der Waals surface area contributed by atoms with Crippen molar-refractivity contribution < 1.29 is 4.74 Å². The van der Waals surface area contributed by atoms with E-state index in [1.54, 1.807) is 7.11 Å². The van der Waals surface area contributed by atoms with Crippen LogP contribution in [-0.4, -0.2) is 43.8 Å². The highest BCUT2D eigenvalue weighted by Gasteiger charge is 2.22. The number of nitrogens with one attached hydrogen (secondary N) is 2. The Morgan fingerprint density at radius 3 is 2.61 bits per heavy atom. The molecule has 1 saturated carbocycles. The molecule has 0 bridgehead atoms. The van der Waals surface area contributed by atoms with E-state index in [9.17, 15) is 0 Å². The third kappa shape index (κ3) is 5.25. The van der Waals surface area contributed by atoms with Crippen molar-refractivity contribution in [1.29, 1.82) is 0 Å². The van der Waals surface area contributed by atoms with Gasteiger partial charge in [-0.3, -0.25) is 0 Å². The number of ether oxygens (including phenoxy) is 1. The second-order valence-corrected chi connectivity index (χ2v) is 8.59. The van der Waals surface area contributed by atoms with E-state index < -0.39 is 0 Å². The molecule has 0 radical (unpaired) electrons. The summed E-state index contributed by atoms with van der Waals surface area (Å²) in [5.41, 5.74) is 1.24. The molecule has 164 valence electrons. The van der Waals surface area contributed by atoms with Crippen LogP contribution in [0.2, 0.25) is 0 Å². The first-order chi connectivity index (χ1) is 15.1. The molecule has 4 rings (SSSR count). The number of anilines is 2. The zero-order valence-corrected chi connectivity index (χ0v) is 18.8. The minimum absolute atomic E-state index is 0.451. The van der Waals surface area contributed by atoms with Gasteiger partial charge in [0.15, 0.2) is 0 Å². The lowest BCUT2D eigenvalue weighted by atomic mass is 9.86. The molecule has 0 spiro atoms. The third-order valence-electron chi connectivity index (χ3n) is 6.23. The first kappa shape index (κ1) is 21.4. The zero-order chi connectivity index (χ0) is 21.6. The van der Waals surface area contributed by atoms with Gasteiger partial charge in [-0.05, 0) is 61.1 Å². The molecule has 6 heteroatoms. The molecule has 0 unspecified atom stereocenters. The first-order valence-electron chi connectivity index (χ1n) is 11.2. The fourth-order valence-electron chi connectivity index (χ4n) is 4.45. The highest BCUT2D eigenvalue weighted by Crippen LogP contribution is 2.29. The van der Waals surface area contributed by atoms with Crippen LogP contribution in [0.3, 0.4) is 0 Å². The van der Waals surface area contributed by atoms with E-state index >= 15 is 0 Å². The molecule has 0 aliphatic heterocycles. The van der Waals surface area contributed by atoms with E-state index in [1.807, 2.05) is 31.3 Å². The third-order valence-corrected chi connectivity index (χ3v) is 6.23. The highest BCUT2D eigenvalue weighted by atomic mass is 16.5. The maximum atomic E-state index is 5.63. The van der Waals surface area contributed by atoms with Gasteiger partial charge in [-0.1, -0.05) is 30.3 Å². The Morgan fingerprint density at radius 1 is 1.03 bits per heavy atom. The van der Waals surface area contributed by atoms with E-state index in [2.05, 4.69) is 57.0 Å². The molecule has 1 aliphatic rings. The molecule has 1 aliphatic carbocycles. The van der Waals surface area contributed by atoms with Crippen LogP contribution in [0.4, 0.5) is 11.8 Å². The molecule has 6 nitrogen and oxygen atoms in total. The Morgan fingerprint density at radius 2 is 1.84 bits per heavy atom. The standard InChI is InChI=1S/C25H33N5O/c1-30(2)24-14-15-27-25(29-24)28-20-11-8-18(9-12-20)16-26-17-22-21-7-5-4-6-19(21)10-13-23(22)31-3/h4-7,10,13-15,18,20,26H,8-9,11-12,16-17H2,1-3H3,(H,27,28,29). The molecule has 2 N–H and O–H groups in total. The van der Waals surface area contributed by atoms with Gasteiger partial charge in [0.05, 0.1) is 7.11 Å². The molecule has 31 heavy (non-hydrogen) atoms. The van der Waals surface area contributed by atoms with Crippen LogP contribution in [0.25, 0.3) is 10.8 Å². The number of methoxy groups -OCH3 is 1. The van der Waals surface area contributed by atoms with Gasteiger partial charge < -0.3 is 20.3 Å². The van der Waals surface area contributed by atoms with Crippen LogP contribution in [-0.2, 0) is 6.54 Å². The van der Waals surface area contributed by atoms with Crippen molar-refractivity contribution in [3.05, 3.63) is 54.2 Å². The smallest absolute Gasteiger partial charge is 0.224 e. The summed E-state index contributed by atoms with van der Waals surface area (Å²) in [5, 5.41) is 9.74. The van der Waals surface area contributed by atoms with Crippen LogP contribution in [0.15, 0.2) is 48.7 Å². The Kier molecular flexibility index (Phi) is 6.87. The quantitative estimate of drug-likeness (QED) is 0.562. The van der Waals surface area contributed by atoms with Crippen LogP contribution >= 0.6 is 0 Å². The van der Waals surface area contributed by atoms with Gasteiger partial charge in [0, 0.05) is 38.4 Å². The lowest BCUT2D eigenvalue weighted by molar-refractivity contribution is 0.323. The summed E-state index contributed by atoms with van der Waals surface area (Å²) in [4.78, 5) is 11.0. The summed E-state index contributed by atoms with van der Waals surface area (Å²) in [6.45, 7) is 1.86. The van der Waals surface area contributed by atoms with E-state index in [0.29, 0.717) is 12.0 Å². The largest absolute Gasteiger partial charge is 0.496 e. The highest BCUT2D eigenvalue weighted by molar-refractivity contribution is 5.87. The molecular weight excluding hydrogens is 386 g/mol. The SMILES string of the molecule is COc1ccc2ccccc2c1CNCC1CCC(Nc2nccc(N(C)C)n2)CC1. The number of rotatable bonds is 8. The molecule has 0 atom stereocenters.